The minimum absolute atomic E-state index is 0.116. The van der Waals surface area contributed by atoms with Crippen LogP contribution >= 0.6 is 0 Å². The summed E-state index contributed by atoms with van der Waals surface area (Å²) in [6.45, 7) is 5.00. The SMILES string of the molecule is CNC[C@@H]1Cc2ncc(-c3cc(NC(=O)c4ccnc(C(F)(F)F)c4)ccc3C)cc2N2CCOC[C@@H]12. The Hall–Kier alpha value is -3.50. The molecule has 5 rings (SSSR count). The second-order valence-electron chi connectivity index (χ2n) is 9.46. The van der Waals surface area contributed by atoms with Gasteiger partial charge in [0.15, 0.2) is 0 Å². The predicted octanol–water partition coefficient (Wildman–Crippen LogP) is 4.32. The normalized spacial score (nSPS) is 19.2. The Balaban J connectivity index is 1.43. The lowest BCUT2D eigenvalue weighted by Gasteiger charge is -2.46. The van der Waals surface area contributed by atoms with Crippen LogP contribution < -0.4 is 15.5 Å². The lowest BCUT2D eigenvalue weighted by molar-refractivity contribution is -0.141. The molecule has 7 nitrogen and oxygen atoms in total. The molecule has 37 heavy (non-hydrogen) atoms. The number of amides is 1. The molecule has 10 heteroatoms. The van der Waals surface area contributed by atoms with Crippen LogP contribution in [0.2, 0.25) is 0 Å². The van der Waals surface area contributed by atoms with Gasteiger partial charge in [0.05, 0.1) is 30.6 Å². The van der Waals surface area contributed by atoms with Crippen LogP contribution in [-0.2, 0) is 17.3 Å². The highest BCUT2D eigenvalue weighted by Crippen LogP contribution is 2.38. The number of ether oxygens (including phenoxy) is 1. The quantitative estimate of drug-likeness (QED) is 0.531. The largest absolute Gasteiger partial charge is 0.433 e. The number of aromatic nitrogens is 2. The van der Waals surface area contributed by atoms with Gasteiger partial charge in [0.2, 0.25) is 0 Å². The zero-order valence-corrected chi connectivity index (χ0v) is 20.6. The van der Waals surface area contributed by atoms with E-state index in [9.17, 15) is 18.0 Å². The fraction of sp³-hybridized carbons (Fsp3) is 0.370. The first-order chi connectivity index (χ1) is 17.7. The molecular formula is C27H28F3N5O2. The Kier molecular flexibility index (Phi) is 6.87. The molecule has 1 fully saturated rings. The van der Waals surface area contributed by atoms with Gasteiger partial charge in [-0.3, -0.25) is 14.8 Å². The van der Waals surface area contributed by atoms with Crippen molar-refractivity contribution in [2.45, 2.75) is 25.6 Å². The Labute approximate surface area is 213 Å². The number of anilines is 2. The molecule has 0 unspecified atom stereocenters. The average Bonchev–Trinajstić information content (AvgIpc) is 2.89. The maximum atomic E-state index is 13.0. The van der Waals surface area contributed by atoms with Gasteiger partial charge in [-0.2, -0.15) is 13.2 Å². The first kappa shape index (κ1) is 25.2. The number of hydrogen-bond donors (Lipinski definition) is 2. The number of fused-ring (bicyclic) bond motifs is 3. The third kappa shape index (κ3) is 5.17. The molecule has 2 aliphatic heterocycles. The number of halogens is 3. The lowest BCUT2D eigenvalue weighted by Crippen LogP contribution is -2.55. The summed E-state index contributed by atoms with van der Waals surface area (Å²) in [7, 11) is 1.96. The van der Waals surface area contributed by atoms with Gasteiger partial charge in [0, 0.05) is 42.3 Å². The minimum Gasteiger partial charge on any atom is -0.377 e. The van der Waals surface area contributed by atoms with E-state index in [1.165, 1.54) is 6.07 Å². The summed E-state index contributed by atoms with van der Waals surface area (Å²) in [4.78, 5) is 23.2. The predicted molar refractivity (Wildman–Crippen MR) is 135 cm³/mol. The van der Waals surface area contributed by atoms with Gasteiger partial charge < -0.3 is 20.3 Å². The molecular weight excluding hydrogens is 483 g/mol. The third-order valence-electron chi connectivity index (χ3n) is 7.01. The zero-order valence-electron chi connectivity index (χ0n) is 20.6. The number of nitrogens with zero attached hydrogens (tertiary/aromatic N) is 3. The number of benzene rings is 1. The Morgan fingerprint density at radius 2 is 2.03 bits per heavy atom. The number of carbonyl (C=O) groups excluding carboxylic acids is 1. The van der Waals surface area contributed by atoms with Gasteiger partial charge in [-0.1, -0.05) is 6.07 Å². The van der Waals surface area contributed by atoms with E-state index in [-0.39, 0.29) is 11.6 Å². The summed E-state index contributed by atoms with van der Waals surface area (Å²) in [5.41, 5.74) is 4.20. The summed E-state index contributed by atoms with van der Waals surface area (Å²) in [5, 5.41) is 6.00. The van der Waals surface area contributed by atoms with Crippen LogP contribution in [0.1, 0.15) is 27.3 Å². The number of rotatable bonds is 5. The third-order valence-corrected chi connectivity index (χ3v) is 7.01. The van der Waals surface area contributed by atoms with E-state index in [0.29, 0.717) is 24.8 Å². The number of morpholine rings is 1. The molecule has 0 aliphatic carbocycles. The van der Waals surface area contributed by atoms with Crippen molar-refractivity contribution in [3.8, 4) is 11.1 Å². The summed E-state index contributed by atoms with van der Waals surface area (Å²) >= 11 is 0. The van der Waals surface area contributed by atoms with E-state index in [0.717, 1.165) is 59.8 Å². The fourth-order valence-corrected chi connectivity index (χ4v) is 5.14. The highest BCUT2D eigenvalue weighted by molar-refractivity contribution is 6.04. The van der Waals surface area contributed by atoms with Gasteiger partial charge in [0.1, 0.15) is 5.69 Å². The molecule has 1 amide bonds. The number of aryl methyl sites for hydroxylation is 1. The maximum Gasteiger partial charge on any atom is 0.433 e. The highest BCUT2D eigenvalue weighted by atomic mass is 19.4. The number of alkyl halides is 3. The molecule has 2 atom stereocenters. The minimum atomic E-state index is -4.63. The average molecular weight is 512 g/mol. The highest BCUT2D eigenvalue weighted by Gasteiger charge is 2.37. The van der Waals surface area contributed by atoms with Crippen molar-refractivity contribution < 1.29 is 22.7 Å². The summed E-state index contributed by atoms with van der Waals surface area (Å²) in [6, 6.07) is 9.85. The second kappa shape index (κ2) is 10.1. The van der Waals surface area contributed by atoms with Crippen molar-refractivity contribution in [3.05, 3.63) is 71.3 Å². The molecule has 194 valence electrons. The second-order valence-corrected chi connectivity index (χ2v) is 9.46. The van der Waals surface area contributed by atoms with Gasteiger partial charge in [0.25, 0.3) is 5.91 Å². The first-order valence-electron chi connectivity index (χ1n) is 12.2. The first-order valence-corrected chi connectivity index (χ1v) is 12.2. The molecule has 0 radical (unpaired) electrons. The van der Waals surface area contributed by atoms with Crippen LogP contribution in [0.4, 0.5) is 24.5 Å². The molecule has 4 heterocycles. The smallest absolute Gasteiger partial charge is 0.377 e. The monoisotopic (exact) mass is 511 g/mol. The zero-order chi connectivity index (χ0) is 26.2. The number of pyridine rings is 2. The summed E-state index contributed by atoms with van der Waals surface area (Å²) < 4.78 is 44.8. The summed E-state index contributed by atoms with van der Waals surface area (Å²) in [6.07, 6.45) is -0.930. The van der Waals surface area contributed by atoms with Crippen molar-refractivity contribution in [2.75, 3.05) is 43.6 Å². The van der Waals surface area contributed by atoms with Crippen LogP contribution in [0.3, 0.4) is 0 Å². The Morgan fingerprint density at radius 1 is 1.19 bits per heavy atom. The van der Waals surface area contributed by atoms with Crippen molar-refractivity contribution in [1.29, 1.82) is 0 Å². The van der Waals surface area contributed by atoms with E-state index in [4.69, 9.17) is 9.72 Å². The molecule has 2 aromatic heterocycles. The van der Waals surface area contributed by atoms with Gasteiger partial charge >= 0.3 is 6.18 Å². The van der Waals surface area contributed by atoms with Crippen molar-refractivity contribution in [3.63, 3.8) is 0 Å². The Morgan fingerprint density at radius 3 is 2.81 bits per heavy atom. The number of nitrogens with one attached hydrogen (secondary N) is 2. The van der Waals surface area contributed by atoms with Gasteiger partial charge in [-0.15, -0.1) is 0 Å². The molecule has 1 aromatic carbocycles. The van der Waals surface area contributed by atoms with E-state index >= 15 is 0 Å². The van der Waals surface area contributed by atoms with Crippen LogP contribution in [0, 0.1) is 12.8 Å². The standard InChI is InChI=1S/C27H28F3N5O2/c1-16-3-4-20(34-26(36)17-5-6-32-25(11-17)27(28,29)30)12-21(16)18-10-23-22(33-14-18)9-19(13-31-2)24-15-37-8-7-35(23)24/h3-6,10-12,14,19,24,31H,7-9,13,15H2,1-2H3,(H,34,36)/t19-,24-/m0/s1. The van der Waals surface area contributed by atoms with E-state index < -0.39 is 17.8 Å². The molecule has 1 saturated heterocycles. The van der Waals surface area contributed by atoms with E-state index in [1.807, 2.05) is 32.3 Å². The Bertz CT molecular complexity index is 1310. The molecule has 2 N–H and O–H groups in total. The maximum absolute atomic E-state index is 13.0. The van der Waals surface area contributed by atoms with Crippen LogP contribution in [0.5, 0.6) is 0 Å². The molecule has 0 saturated carbocycles. The molecule has 3 aromatic rings. The van der Waals surface area contributed by atoms with E-state index in [1.54, 1.807) is 6.07 Å². The number of carbonyl (C=O) groups is 1. The van der Waals surface area contributed by atoms with Crippen LogP contribution in [0.15, 0.2) is 48.8 Å². The van der Waals surface area contributed by atoms with Crippen LogP contribution in [-0.4, -0.2) is 55.3 Å². The fourth-order valence-electron chi connectivity index (χ4n) is 5.14. The number of hydrogen-bond acceptors (Lipinski definition) is 6. The van der Waals surface area contributed by atoms with Crippen LogP contribution in [0.25, 0.3) is 11.1 Å². The molecule has 0 spiro atoms. The summed E-state index contributed by atoms with van der Waals surface area (Å²) in [5.74, 6) is -0.236. The molecule has 2 aliphatic rings. The topological polar surface area (TPSA) is 79.4 Å². The van der Waals surface area contributed by atoms with E-state index in [2.05, 4.69) is 26.6 Å². The van der Waals surface area contributed by atoms with Gasteiger partial charge in [-0.25, -0.2) is 0 Å². The van der Waals surface area contributed by atoms with Gasteiger partial charge in [-0.05, 0) is 67.8 Å². The molecule has 0 bridgehead atoms. The lowest BCUT2D eigenvalue weighted by atomic mass is 9.86. The van der Waals surface area contributed by atoms with Crippen molar-refractivity contribution in [2.24, 2.45) is 5.92 Å². The van der Waals surface area contributed by atoms with Crippen molar-refractivity contribution in [1.82, 2.24) is 15.3 Å². The van der Waals surface area contributed by atoms with Crippen molar-refractivity contribution >= 4 is 17.3 Å².